The molecule has 2 heterocycles. The summed E-state index contributed by atoms with van der Waals surface area (Å²) in [5.41, 5.74) is 4.41. The predicted molar refractivity (Wildman–Crippen MR) is 115 cm³/mol. The molecule has 0 radical (unpaired) electrons. The minimum Gasteiger partial charge on any atom is -0.463 e. The van der Waals surface area contributed by atoms with E-state index in [0.717, 1.165) is 25.1 Å². The van der Waals surface area contributed by atoms with Gasteiger partial charge in [-0.1, -0.05) is 48.0 Å². The van der Waals surface area contributed by atoms with Crippen LogP contribution in [0.25, 0.3) is 0 Å². The van der Waals surface area contributed by atoms with E-state index in [9.17, 15) is 9.59 Å². The van der Waals surface area contributed by atoms with Crippen molar-refractivity contribution in [3.05, 3.63) is 81.5 Å². The number of esters is 1. The fraction of sp³-hybridized carbons (Fsp3) is 0.304. The first kappa shape index (κ1) is 20.4. The Morgan fingerprint density at radius 3 is 2.63 bits per heavy atom. The van der Waals surface area contributed by atoms with Gasteiger partial charge in [0.1, 0.15) is 0 Å². The zero-order valence-electron chi connectivity index (χ0n) is 16.8. The second kappa shape index (κ2) is 8.90. The number of hydrogen-bond donors (Lipinski definition) is 2. The van der Waals surface area contributed by atoms with E-state index >= 15 is 0 Å². The van der Waals surface area contributed by atoms with E-state index in [2.05, 4.69) is 33.7 Å². The maximum Gasteiger partial charge on any atom is 0.338 e. The van der Waals surface area contributed by atoms with Gasteiger partial charge in [-0.05, 0) is 42.2 Å². The van der Waals surface area contributed by atoms with Gasteiger partial charge in [0.2, 0.25) is 0 Å². The lowest BCUT2D eigenvalue weighted by molar-refractivity contribution is -0.139. The third-order valence-corrected chi connectivity index (χ3v) is 5.70. The molecule has 2 aliphatic rings. The number of carbonyl (C=O) groups excluding carboxylic acids is 2. The zero-order valence-corrected chi connectivity index (χ0v) is 17.5. The van der Waals surface area contributed by atoms with Crippen LogP contribution >= 0.6 is 11.6 Å². The van der Waals surface area contributed by atoms with Gasteiger partial charge in [-0.3, -0.25) is 4.90 Å². The maximum absolute atomic E-state index is 12.9. The molecule has 1 atom stereocenters. The van der Waals surface area contributed by atoms with Crippen molar-refractivity contribution < 1.29 is 14.3 Å². The van der Waals surface area contributed by atoms with Gasteiger partial charge in [-0.15, -0.1) is 0 Å². The van der Waals surface area contributed by atoms with E-state index in [1.54, 1.807) is 19.1 Å². The number of rotatable bonds is 5. The smallest absolute Gasteiger partial charge is 0.338 e. The topological polar surface area (TPSA) is 70.7 Å². The Hall–Kier alpha value is -2.83. The average Bonchev–Trinajstić information content (AvgIpc) is 2.74. The maximum atomic E-state index is 12.9. The molecule has 156 valence electrons. The van der Waals surface area contributed by atoms with Crippen molar-refractivity contribution in [3.63, 3.8) is 0 Å². The van der Waals surface area contributed by atoms with Gasteiger partial charge >= 0.3 is 12.0 Å². The number of benzene rings is 2. The molecule has 0 unspecified atom stereocenters. The van der Waals surface area contributed by atoms with Crippen LogP contribution in [-0.2, 0) is 22.5 Å². The van der Waals surface area contributed by atoms with Crippen LogP contribution in [0.1, 0.15) is 29.7 Å². The van der Waals surface area contributed by atoms with Gasteiger partial charge in [0.05, 0.1) is 18.2 Å². The van der Waals surface area contributed by atoms with E-state index in [4.69, 9.17) is 16.3 Å². The molecule has 2 N–H and O–H groups in total. The van der Waals surface area contributed by atoms with Gasteiger partial charge in [0, 0.05) is 30.4 Å². The Balaban J connectivity index is 1.67. The van der Waals surface area contributed by atoms with E-state index in [0.29, 0.717) is 22.8 Å². The van der Waals surface area contributed by atoms with Crippen molar-refractivity contribution in [2.24, 2.45) is 0 Å². The van der Waals surface area contributed by atoms with Crippen LogP contribution in [-0.4, -0.2) is 36.6 Å². The van der Waals surface area contributed by atoms with E-state index in [1.807, 2.05) is 18.2 Å². The molecule has 2 amide bonds. The highest BCUT2D eigenvalue weighted by Gasteiger charge is 2.34. The Bertz CT molecular complexity index is 987. The summed E-state index contributed by atoms with van der Waals surface area (Å²) in [5.74, 6) is -0.433. The molecule has 6 nitrogen and oxygen atoms in total. The highest BCUT2D eigenvalue weighted by molar-refractivity contribution is 6.30. The summed E-state index contributed by atoms with van der Waals surface area (Å²) in [6.45, 7) is 4.11. The molecule has 0 spiro atoms. The summed E-state index contributed by atoms with van der Waals surface area (Å²) in [7, 11) is 0. The van der Waals surface area contributed by atoms with Crippen LogP contribution in [0, 0.1) is 0 Å². The second-order valence-electron chi connectivity index (χ2n) is 7.43. The van der Waals surface area contributed by atoms with Crippen LogP contribution in [0.5, 0.6) is 0 Å². The van der Waals surface area contributed by atoms with Crippen molar-refractivity contribution >= 4 is 23.6 Å². The summed E-state index contributed by atoms with van der Waals surface area (Å²) in [6, 6.07) is 14.5. The molecule has 0 bridgehead atoms. The number of urea groups is 1. The molecule has 0 saturated heterocycles. The largest absolute Gasteiger partial charge is 0.463 e. The minimum absolute atomic E-state index is 0.258. The summed E-state index contributed by atoms with van der Waals surface area (Å²) >= 11 is 6.02. The Labute approximate surface area is 180 Å². The molecule has 0 aromatic heterocycles. The highest BCUT2D eigenvalue weighted by Crippen LogP contribution is 2.30. The van der Waals surface area contributed by atoms with Crippen molar-refractivity contribution in [1.29, 1.82) is 0 Å². The quantitative estimate of drug-likeness (QED) is 0.718. The molecular formula is C23H24ClN3O3. The molecule has 0 fully saturated rings. The van der Waals surface area contributed by atoms with E-state index in [1.165, 1.54) is 11.1 Å². The van der Waals surface area contributed by atoms with Crippen molar-refractivity contribution in [3.8, 4) is 0 Å². The first-order valence-electron chi connectivity index (χ1n) is 10.1. The zero-order chi connectivity index (χ0) is 21.1. The van der Waals surface area contributed by atoms with Crippen LogP contribution in [0.15, 0.2) is 59.8 Å². The monoisotopic (exact) mass is 425 g/mol. The fourth-order valence-corrected chi connectivity index (χ4v) is 4.14. The van der Waals surface area contributed by atoms with Crippen LogP contribution in [0.2, 0.25) is 5.02 Å². The van der Waals surface area contributed by atoms with Crippen molar-refractivity contribution in [2.75, 3.05) is 19.7 Å². The fourth-order valence-electron chi connectivity index (χ4n) is 4.01. The van der Waals surface area contributed by atoms with E-state index < -0.39 is 12.0 Å². The van der Waals surface area contributed by atoms with Gasteiger partial charge < -0.3 is 15.4 Å². The number of carbonyl (C=O) groups is 2. The highest BCUT2D eigenvalue weighted by atomic mass is 35.5. The first-order valence-corrected chi connectivity index (χ1v) is 10.4. The molecule has 7 heteroatoms. The third-order valence-electron chi connectivity index (χ3n) is 5.44. The summed E-state index contributed by atoms with van der Waals surface area (Å²) < 4.78 is 5.34. The predicted octanol–water partition coefficient (Wildman–Crippen LogP) is 3.57. The number of fused-ring (bicyclic) bond motifs is 1. The first-order chi connectivity index (χ1) is 14.5. The SMILES string of the molecule is CCOC(=O)C1=C(CN2CCc3ccccc3C2)NC(=O)N[C@H]1c1ccc(Cl)cc1. The number of hydrogen-bond acceptors (Lipinski definition) is 4. The Morgan fingerprint density at radius 2 is 1.90 bits per heavy atom. The molecule has 4 rings (SSSR count). The number of ether oxygens (including phenoxy) is 1. The summed E-state index contributed by atoms with van der Waals surface area (Å²) in [4.78, 5) is 27.6. The van der Waals surface area contributed by atoms with Crippen molar-refractivity contribution in [2.45, 2.75) is 25.9 Å². The van der Waals surface area contributed by atoms with Gasteiger partial charge in [-0.25, -0.2) is 9.59 Å². The summed E-state index contributed by atoms with van der Waals surface area (Å²) in [6.07, 6.45) is 0.936. The standard InChI is InChI=1S/C23H24ClN3O3/c1-2-30-22(28)20-19(14-27-12-11-15-5-3-4-6-17(15)13-27)25-23(29)26-21(20)16-7-9-18(24)10-8-16/h3-10,21H,2,11-14H2,1H3,(H2,25,26,29)/t21-/m0/s1. The number of halogens is 1. The van der Waals surface area contributed by atoms with Gasteiger partial charge in [0.25, 0.3) is 0 Å². The molecule has 2 aliphatic heterocycles. The summed E-state index contributed by atoms with van der Waals surface area (Å²) in [5, 5.41) is 6.29. The second-order valence-corrected chi connectivity index (χ2v) is 7.86. The third kappa shape index (κ3) is 4.35. The lowest BCUT2D eigenvalue weighted by Crippen LogP contribution is -2.49. The molecule has 0 saturated carbocycles. The van der Waals surface area contributed by atoms with E-state index in [-0.39, 0.29) is 12.6 Å². The lowest BCUT2D eigenvalue weighted by atomic mass is 9.94. The molecule has 0 aliphatic carbocycles. The molecule has 2 aromatic carbocycles. The molecule has 30 heavy (non-hydrogen) atoms. The Morgan fingerprint density at radius 1 is 1.17 bits per heavy atom. The van der Waals surface area contributed by atoms with Gasteiger partial charge in [0.15, 0.2) is 0 Å². The minimum atomic E-state index is -0.595. The van der Waals surface area contributed by atoms with Crippen LogP contribution in [0.3, 0.4) is 0 Å². The molecule has 2 aromatic rings. The van der Waals surface area contributed by atoms with Crippen LogP contribution < -0.4 is 10.6 Å². The number of amides is 2. The van der Waals surface area contributed by atoms with Crippen LogP contribution in [0.4, 0.5) is 4.79 Å². The van der Waals surface area contributed by atoms with Gasteiger partial charge in [-0.2, -0.15) is 0 Å². The lowest BCUT2D eigenvalue weighted by Gasteiger charge is -2.34. The van der Waals surface area contributed by atoms with Crippen molar-refractivity contribution in [1.82, 2.24) is 15.5 Å². The number of nitrogens with zero attached hydrogens (tertiary/aromatic N) is 1. The normalized spacial score (nSPS) is 19.0. The number of nitrogens with one attached hydrogen (secondary N) is 2. The average molecular weight is 426 g/mol. The Kier molecular flexibility index (Phi) is 6.06. The molecular weight excluding hydrogens is 402 g/mol.